The maximum Gasteiger partial charge on any atom is 0.129 e. The Balaban J connectivity index is 2.23. The second-order valence-corrected chi connectivity index (χ2v) is 5.37. The molecule has 2 N–H and O–H groups in total. The maximum absolute atomic E-state index is 14.1. The van der Waals surface area contributed by atoms with Crippen molar-refractivity contribution in [1.82, 2.24) is 5.32 Å². The van der Waals surface area contributed by atoms with Crippen LogP contribution < -0.4 is 10.2 Å². The van der Waals surface area contributed by atoms with Gasteiger partial charge in [0.05, 0.1) is 0 Å². The van der Waals surface area contributed by atoms with Crippen molar-refractivity contribution < 1.29 is 9.50 Å². The number of hydrogen-bond acceptors (Lipinski definition) is 3. The number of rotatable bonds is 8. The fourth-order valence-corrected chi connectivity index (χ4v) is 2.68. The van der Waals surface area contributed by atoms with Gasteiger partial charge in [-0.25, -0.2) is 4.39 Å². The fourth-order valence-electron chi connectivity index (χ4n) is 2.68. The molecule has 2 rings (SSSR count). The van der Waals surface area contributed by atoms with Crippen LogP contribution >= 0.6 is 0 Å². The largest absolute Gasteiger partial charge is 0.396 e. The summed E-state index contributed by atoms with van der Waals surface area (Å²) < 4.78 is 14.1. The summed E-state index contributed by atoms with van der Waals surface area (Å²) in [5, 5.41) is 12.3. The van der Waals surface area contributed by atoms with Crippen molar-refractivity contribution >= 4 is 5.69 Å². The molecule has 0 heterocycles. The molecule has 0 aromatic heterocycles. The minimum atomic E-state index is -0.142. The highest BCUT2D eigenvalue weighted by Crippen LogP contribution is 2.32. The molecule has 20 heavy (non-hydrogen) atoms. The van der Waals surface area contributed by atoms with Gasteiger partial charge in [-0.15, -0.1) is 0 Å². The molecule has 4 heteroatoms. The minimum Gasteiger partial charge on any atom is -0.396 e. The predicted octanol–water partition coefficient (Wildman–Crippen LogP) is 2.68. The van der Waals surface area contributed by atoms with Crippen LogP contribution in [0.5, 0.6) is 0 Å². The molecule has 0 radical (unpaired) electrons. The lowest BCUT2D eigenvalue weighted by atomic mass is 9.90. The van der Waals surface area contributed by atoms with Crippen molar-refractivity contribution in [3.05, 3.63) is 29.6 Å². The van der Waals surface area contributed by atoms with E-state index in [4.69, 9.17) is 5.11 Å². The molecule has 112 valence electrons. The molecule has 0 atom stereocenters. The van der Waals surface area contributed by atoms with Gasteiger partial charge in [-0.1, -0.05) is 13.0 Å². The van der Waals surface area contributed by atoms with Gasteiger partial charge in [0.1, 0.15) is 5.82 Å². The van der Waals surface area contributed by atoms with Crippen LogP contribution in [0.1, 0.15) is 38.2 Å². The number of nitrogens with one attached hydrogen (secondary N) is 1. The molecule has 0 amide bonds. The number of aliphatic hydroxyl groups excluding tert-OH is 1. The van der Waals surface area contributed by atoms with Crippen LogP contribution in [0.3, 0.4) is 0 Å². The Morgan fingerprint density at radius 2 is 2.20 bits per heavy atom. The molecule has 3 nitrogen and oxygen atoms in total. The summed E-state index contributed by atoms with van der Waals surface area (Å²) in [4.78, 5) is 2.29. The molecular weight excluding hydrogens is 255 g/mol. The Labute approximate surface area is 120 Å². The summed E-state index contributed by atoms with van der Waals surface area (Å²) in [5.41, 5.74) is 1.74. The van der Waals surface area contributed by atoms with Crippen LogP contribution in [0.2, 0.25) is 0 Å². The number of nitrogens with zero attached hydrogens (tertiary/aromatic N) is 1. The van der Waals surface area contributed by atoms with Crippen LogP contribution in [0, 0.1) is 5.82 Å². The molecule has 0 unspecified atom stereocenters. The van der Waals surface area contributed by atoms with Crippen molar-refractivity contribution in [2.75, 3.05) is 24.6 Å². The van der Waals surface area contributed by atoms with Gasteiger partial charge < -0.3 is 15.3 Å². The Morgan fingerprint density at radius 3 is 2.80 bits per heavy atom. The first-order chi connectivity index (χ1) is 9.77. The molecule has 0 bridgehead atoms. The summed E-state index contributed by atoms with van der Waals surface area (Å²) in [6.45, 7) is 4.38. The second kappa shape index (κ2) is 7.60. The second-order valence-electron chi connectivity index (χ2n) is 5.37. The summed E-state index contributed by atoms with van der Waals surface area (Å²) >= 11 is 0. The molecule has 0 spiro atoms. The highest BCUT2D eigenvalue weighted by molar-refractivity contribution is 5.55. The normalized spacial score (nSPS) is 15.2. The van der Waals surface area contributed by atoms with Crippen LogP contribution in [0.4, 0.5) is 10.1 Å². The van der Waals surface area contributed by atoms with Crippen LogP contribution in [-0.2, 0) is 6.54 Å². The Hall–Kier alpha value is -1.13. The van der Waals surface area contributed by atoms with Gasteiger partial charge in [0.2, 0.25) is 0 Å². The molecule has 1 aliphatic carbocycles. The molecule has 1 aliphatic rings. The maximum atomic E-state index is 14.1. The van der Waals surface area contributed by atoms with E-state index in [9.17, 15) is 4.39 Å². The fraction of sp³-hybridized carbons (Fsp3) is 0.625. The van der Waals surface area contributed by atoms with E-state index in [0.29, 0.717) is 12.6 Å². The Kier molecular flexibility index (Phi) is 5.80. The molecular formula is C16H25FN2O. The third-order valence-electron chi connectivity index (χ3n) is 4.03. The minimum absolute atomic E-state index is 0.142. The average molecular weight is 280 g/mol. The molecule has 1 aromatic rings. The third-order valence-corrected chi connectivity index (χ3v) is 4.03. The lowest BCUT2D eigenvalue weighted by molar-refractivity contribution is 0.283. The van der Waals surface area contributed by atoms with Gasteiger partial charge in [0.25, 0.3) is 0 Å². The van der Waals surface area contributed by atoms with Crippen molar-refractivity contribution in [1.29, 1.82) is 0 Å². The molecule has 0 saturated heterocycles. The highest BCUT2D eigenvalue weighted by Gasteiger charge is 2.26. The van der Waals surface area contributed by atoms with Crippen LogP contribution in [-0.4, -0.2) is 30.8 Å². The third kappa shape index (κ3) is 3.49. The summed E-state index contributed by atoms with van der Waals surface area (Å²) in [6.07, 6.45) is 4.32. The van der Waals surface area contributed by atoms with Crippen molar-refractivity contribution in [2.24, 2.45) is 0 Å². The first kappa shape index (κ1) is 15.3. The zero-order valence-corrected chi connectivity index (χ0v) is 12.2. The van der Waals surface area contributed by atoms with E-state index in [-0.39, 0.29) is 12.4 Å². The van der Waals surface area contributed by atoms with Crippen LogP contribution in [0.25, 0.3) is 0 Å². The number of hydrogen-bond donors (Lipinski definition) is 2. The first-order valence-electron chi connectivity index (χ1n) is 7.63. The zero-order valence-electron chi connectivity index (χ0n) is 12.2. The number of halogens is 1. The lowest BCUT2D eigenvalue weighted by Gasteiger charge is -2.40. The number of anilines is 1. The molecule has 1 aromatic carbocycles. The average Bonchev–Trinajstić information content (AvgIpc) is 2.40. The summed E-state index contributed by atoms with van der Waals surface area (Å²) in [7, 11) is 0. The predicted molar refractivity (Wildman–Crippen MR) is 80.5 cm³/mol. The standard InChI is InChI=1S/C16H25FN2O/c1-2-18-12-14-15(17)8-4-9-16(14)19(10-5-11-20)13-6-3-7-13/h4,8-9,13,18,20H,2-3,5-7,10-12H2,1H3. The topological polar surface area (TPSA) is 35.5 Å². The SMILES string of the molecule is CCNCc1c(F)cccc1N(CCCO)C1CCC1. The van der Waals surface area contributed by atoms with E-state index >= 15 is 0 Å². The van der Waals surface area contributed by atoms with E-state index < -0.39 is 0 Å². The number of benzene rings is 1. The van der Waals surface area contributed by atoms with E-state index in [1.807, 2.05) is 13.0 Å². The van der Waals surface area contributed by atoms with E-state index in [1.165, 1.54) is 25.3 Å². The summed E-state index contributed by atoms with van der Waals surface area (Å²) in [6, 6.07) is 5.82. The van der Waals surface area contributed by atoms with Crippen molar-refractivity contribution in [3.8, 4) is 0 Å². The Bertz CT molecular complexity index is 421. The number of aliphatic hydroxyl groups is 1. The summed E-state index contributed by atoms with van der Waals surface area (Å²) in [5.74, 6) is -0.142. The molecule has 1 fully saturated rings. The van der Waals surface area contributed by atoms with Crippen molar-refractivity contribution in [3.63, 3.8) is 0 Å². The van der Waals surface area contributed by atoms with Gasteiger partial charge in [-0.3, -0.25) is 0 Å². The smallest absolute Gasteiger partial charge is 0.129 e. The molecule has 1 saturated carbocycles. The first-order valence-corrected chi connectivity index (χ1v) is 7.63. The van der Waals surface area contributed by atoms with Gasteiger partial charge >= 0.3 is 0 Å². The quantitative estimate of drug-likeness (QED) is 0.768. The van der Waals surface area contributed by atoms with Gasteiger partial charge in [0, 0.05) is 37.0 Å². The van der Waals surface area contributed by atoms with E-state index in [0.717, 1.165) is 30.8 Å². The lowest BCUT2D eigenvalue weighted by Crippen LogP contribution is -2.42. The van der Waals surface area contributed by atoms with Gasteiger partial charge in [-0.05, 0) is 44.4 Å². The monoisotopic (exact) mass is 280 g/mol. The van der Waals surface area contributed by atoms with E-state index in [2.05, 4.69) is 10.2 Å². The zero-order chi connectivity index (χ0) is 14.4. The highest BCUT2D eigenvalue weighted by atomic mass is 19.1. The van der Waals surface area contributed by atoms with Crippen molar-refractivity contribution in [2.45, 2.75) is 45.2 Å². The van der Waals surface area contributed by atoms with Gasteiger partial charge in [-0.2, -0.15) is 0 Å². The van der Waals surface area contributed by atoms with E-state index in [1.54, 1.807) is 6.07 Å². The van der Waals surface area contributed by atoms with Crippen LogP contribution in [0.15, 0.2) is 18.2 Å². The van der Waals surface area contributed by atoms with Gasteiger partial charge in [0.15, 0.2) is 0 Å². The Morgan fingerprint density at radius 1 is 1.40 bits per heavy atom. The molecule has 0 aliphatic heterocycles.